The molecule has 0 aliphatic rings. The summed E-state index contributed by atoms with van der Waals surface area (Å²) in [6, 6.07) is 7.93. The summed E-state index contributed by atoms with van der Waals surface area (Å²) in [5, 5.41) is 0. The van der Waals surface area contributed by atoms with Gasteiger partial charge in [0.25, 0.3) is 0 Å². The summed E-state index contributed by atoms with van der Waals surface area (Å²) in [5.41, 5.74) is 4.01. The van der Waals surface area contributed by atoms with Crippen LogP contribution in [0.15, 0.2) is 36.7 Å². The molecule has 0 saturated carbocycles. The van der Waals surface area contributed by atoms with Gasteiger partial charge in [-0.2, -0.15) is 0 Å². The van der Waals surface area contributed by atoms with Crippen LogP contribution in [0.1, 0.15) is 5.56 Å². The van der Waals surface area contributed by atoms with E-state index in [-0.39, 0.29) is 24.8 Å². The number of hydrogen-bond donors (Lipinski definition) is 1. The number of nitrogens with one attached hydrogen (secondary N) is 1. The van der Waals surface area contributed by atoms with Crippen molar-refractivity contribution in [2.45, 2.75) is 6.92 Å². The predicted molar refractivity (Wildman–Crippen MR) is 85.1 cm³/mol. The summed E-state index contributed by atoms with van der Waals surface area (Å²) < 4.78 is 5.25. The lowest BCUT2D eigenvalue weighted by atomic mass is 10.1. The first-order valence-corrected chi connectivity index (χ1v) is 5.72. The number of ether oxygens (including phenoxy) is 1. The standard InChI is InChI=1S/C14H13N3O.2ClH/c1-9-7-10(3-4-13(9)18-2)14-16-11-5-6-15-8-12(11)17-14;;/h3-8H,1-2H3,(H,16,17);2*1H. The van der Waals surface area contributed by atoms with E-state index in [0.29, 0.717) is 0 Å². The van der Waals surface area contributed by atoms with Crippen LogP contribution >= 0.6 is 24.8 Å². The molecular formula is C14H15Cl2N3O. The average Bonchev–Trinajstić information content (AvgIpc) is 2.82. The molecule has 106 valence electrons. The van der Waals surface area contributed by atoms with Crippen molar-refractivity contribution in [3.8, 4) is 17.1 Å². The summed E-state index contributed by atoms with van der Waals surface area (Å²) in [6.07, 6.45) is 3.51. The molecule has 2 heterocycles. The van der Waals surface area contributed by atoms with E-state index >= 15 is 0 Å². The van der Waals surface area contributed by atoms with E-state index < -0.39 is 0 Å². The molecule has 4 nitrogen and oxygen atoms in total. The summed E-state index contributed by atoms with van der Waals surface area (Å²) in [4.78, 5) is 11.9. The third-order valence-electron chi connectivity index (χ3n) is 2.95. The number of fused-ring (bicyclic) bond motifs is 1. The van der Waals surface area contributed by atoms with E-state index in [0.717, 1.165) is 33.7 Å². The summed E-state index contributed by atoms with van der Waals surface area (Å²) in [6.45, 7) is 2.02. The van der Waals surface area contributed by atoms with Gasteiger partial charge in [0, 0.05) is 11.8 Å². The lowest BCUT2D eigenvalue weighted by Crippen LogP contribution is -1.88. The fourth-order valence-electron chi connectivity index (χ4n) is 2.02. The van der Waals surface area contributed by atoms with E-state index in [9.17, 15) is 0 Å². The number of aromatic nitrogens is 3. The van der Waals surface area contributed by atoms with Crippen LogP contribution in [0, 0.1) is 6.92 Å². The predicted octanol–water partition coefficient (Wildman–Crippen LogP) is 3.79. The van der Waals surface area contributed by atoms with Gasteiger partial charge in [0.05, 0.1) is 18.8 Å². The molecule has 3 aromatic rings. The number of nitrogens with zero attached hydrogens (tertiary/aromatic N) is 2. The second-order valence-electron chi connectivity index (χ2n) is 4.16. The second kappa shape index (κ2) is 6.59. The molecule has 6 heteroatoms. The number of imidazole rings is 1. The third kappa shape index (κ3) is 2.86. The zero-order valence-corrected chi connectivity index (χ0v) is 12.7. The Labute approximate surface area is 129 Å². The number of aryl methyl sites for hydroxylation is 1. The first-order valence-electron chi connectivity index (χ1n) is 5.72. The molecule has 20 heavy (non-hydrogen) atoms. The van der Waals surface area contributed by atoms with Gasteiger partial charge >= 0.3 is 0 Å². The van der Waals surface area contributed by atoms with Gasteiger partial charge in [-0.25, -0.2) is 4.98 Å². The topological polar surface area (TPSA) is 50.8 Å². The fourth-order valence-corrected chi connectivity index (χ4v) is 2.02. The normalized spacial score (nSPS) is 9.70. The van der Waals surface area contributed by atoms with E-state index in [1.54, 1.807) is 19.5 Å². The fraction of sp³-hybridized carbons (Fsp3) is 0.143. The van der Waals surface area contributed by atoms with Gasteiger partial charge in [0.1, 0.15) is 17.1 Å². The first kappa shape index (κ1) is 16.3. The van der Waals surface area contributed by atoms with Gasteiger partial charge in [0.15, 0.2) is 0 Å². The van der Waals surface area contributed by atoms with E-state index in [1.165, 1.54) is 0 Å². The van der Waals surface area contributed by atoms with Gasteiger partial charge in [-0.1, -0.05) is 0 Å². The van der Waals surface area contributed by atoms with Crippen molar-refractivity contribution >= 4 is 35.8 Å². The number of halogens is 2. The monoisotopic (exact) mass is 311 g/mol. The van der Waals surface area contributed by atoms with Crippen LogP contribution in [-0.2, 0) is 0 Å². The van der Waals surface area contributed by atoms with Gasteiger partial charge in [0.2, 0.25) is 0 Å². The highest BCUT2D eigenvalue weighted by Crippen LogP contribution is 2.25. The Kier molecular flexibility index (Phi) is 5.36. The smallest absolute Gasteiger partial charge is 0.138 e. The van der Waals surface area contributed by atoms with Gasteiger partial charge < -0.3 is 9.72 Å². The maximum absolute atomic E-state index is 5.25. The quantitative estimate of drug-likeness (QED) is 0.783. The molecule has 0 unspecified atom stereocenters. The molecule has 3 rings (SSSR count). The minimum atomic E-state index is 0. The van der Waals surface area contributed by atoms with Crippen LogP contribution in [-0.4, -0.2) is 22.1 Å². The highest BCUT2D eigenvalue weighted by molar-refractivity contribution is 5.85. The zero-order valence-electron chi connectivity index (χ0n) is 11.1. The van der Waals surface area contributed by atoms with Gasteiger partial charge in [-0.05, 0) is 36.8 Å². The van der Waals surface area contributed by atoms with Crippen LogP contribution < -0.4 is 4.74 Å². The number of rotatable bonds is 2. The third-order valence-corrected chi connectivity index (χ3v) is 2.95. The van der Waals surface area contributed by atoms with Crippen molar-refractivity contribution in [1.82, 2.24) is 15.0 Å². The Bertz CT molecular complexity index is 679. The summed E-state index contributed by atoms with van der Waals surface area (Å²) >= 11 is 0. The second-order valence-corrected chi connectivity index (χ2v) is 4.16. The summed E-state index contributed by atoms with van der Waals surface area (Å²) in [7, 11) is 1.68. The number of methoxy groups -OCH3 is 1. The number of hydrogen-bond acceptors (Lipinski definition) is 3. The van der Waals surface area contributed by atoms with Crippen molar-refractivity contribution < 1.29 is 4.74 Å². The molecule has 0 atom stereocenters. The Morgan fingerprint density at radius 1 is 1.15 bits per heavy atom. The van der Waals surface area contributed by atoms with Crippen LogP contribution in [0.2, 0.25) is 0 Å². The van der Waals surface area contributed by atoms with Gasteiger partial charge in [-0.15, -0.1) is 24.8 Å². The largest absolute Gasteiger partial charge is 0.496 e. The molecule has 1 aromatic carbocycles. The lowest BCUT2D eigenvalue weighted by Gasteiger charge is -2.05. The number of H-pyrrole nitrogens is 1. The molecule has 0 fully saturated rings. The Morgan fingerprint density at radius 2 is 1.95 bits per heavy atom. The number of benzene rings is 1. The number of pyridine rings is 1. The highest BCUT2D eigenvalue weighted by Gasteiger charge is 2.07. The van der Waals surface area contributed by atoms with Crippen molar-refractivity contribution in [2.75, 3.05) is 7.11 Å². The van der Waals surface area contributed by atoms with Crippen molar-refractivity contribution in [3.05, 3.63) is 42.2 Å². The highest BCUT2D eigenvalue weighted by atomic mass is 35.5. The minimum absolute atomic E-state index is 0. The molecule has 1 N–H and O–H groups in total. The Balaban J connectivity index is 0.000001000. The molecule has 0 aliphatic carbocycles. The van der Waals surface area contributed by atoms with Crippen LogP contribution in [0.5, 0.6) is 5.75 Å². The van der Waals surface area contributed by atoms with Crippen LogP contribution in [0.3, 0.4) is 0 Å². The molecule has 0 spiro atoms. The molecule has 0 bridgehead atoms. The molecule has 0 saturated heterocycles. The van der Waals surface area contributed by atoms with E-state index in [1.807, 2.05) is 25.1 Å². The zero-order chi connectivity index (χ0) is 12.5. The van der Waals surface area contributed by atoms with Crippen molar-refractivity contribution in [1.29, 1.82) is 0 Å². The Morgan fingerprint density at radius 3 is 2.60 bits per heavy atom. The number of aromatic amines is 1. The van der Waals surface area contributed by atoms with Crippen LogP contribution in [0.4, 0.5) is 0 Å². The maximum atomic E-state index is 5.25. The molecule has 0 amide bonds. The molecule has 0 radical (unpaired) electrons. The molecule has 0 aliphatic heterocycles. The first-order chi connectivity index (χ1) is 8.78. The van der Waals surface area contributed by atoms with Crippen LogP contribution in [0.25, 0.3) is 22.4 Å². The van der Waals surface area contributed by atoms with Gasteiger partial charge in [-0.3, -0.25) is 4.98 Å². The molecule has 2 aromatic heterocycles. The average molecular weight is 312 g/mol. The minimum Gasteiger partial charge on any atom is -0.496 e. The molecular weight excluding hydrogens is 297 g/mol. The Hall–Kier alpha value is -1.78. The SMILES string of the molecule is COc1ccc(-c2nc3cnccc3[nH]2)cc1C.Cl.Cl. The lowest BCUT2D eigenvalue weighted by molar-refractivity contribution is 0.412. The maximum Gasteiger partial charge on any atom is 0.138 e. The van der Waals surface area contributed by atoms with E-state index in [2.05, 4.69) is 21.0 Å². The van der Waals surface area contributed by atoms with E-state index in [4.69, 9.17) is 4.74 Å². The summed E-state index contributed by atoms with van der Waals surface area (Å²) in [5.74, 6) is 1.74. The van der Waals surface area contributed by atoms with Crippen molar-refractivity contribution in [3.63, 3.8) is 0 Å². The van der Waals surface area contributed by atoms with Crippen molar-refractivity contribution in [2.24, 2.45) is 0 Å².